The van der Waals surface area contributed by atoms with E-state index in [2.05, 4.69) is 15.6 Å². The Bertz CT molecular complexity index is 1160. The predicted molar refractivity (Wildman–Crippen MR) is 131 cm³/mol. The van der Waals surface area contributed by atoms with Gasteiger partial charge in [-0.05, 0) is 49.2 Å². The number of hydrogen-bond acceptors (Lipinski definition) is 6. The molecule has 3 aromatic rings. The minimum absolute atomic E-state index is 0.0641. The number of carbonyl (C=O) groups excluding carboxylic acids is 2. The van der Waals surface area contributed by atoms with Gasteiger partial charge in [-0.3, -0.25) is 9.59 Å². The number of hydrogen-bond donors (Lipinski definition) is 2. The van der Waals surface area contributed by atoms with E-state index >= 15 is 0 Å². The number of ether oxygens (including phenoxy) is 2. The van der Waals surface area contributed by atoms with Gasteiger partial charge in [0.15, 0.2) is 18.2 Å². The number of para-hydroxylation sites is 1. The van der Waals surface area contributed by atoms with Crippen LogP contribution in [-0.4, -0.2) is 35.5 Å². The lowest BCUT2D eigenvalue weighted by atomic mass is 9.90. The van der Waals surface area contributed by atoms with Crippen molar-refractivity contribution in [2.45, 2.75) is 44.4 Å². The average Bonchev–Trinajstić information content (AvgIpc) is 3.34. The fourth-order valence-corrected chi connectivity index (χ4v) is 4.64. The molecular formula is C25H25ClFN3O4S. The highest BCUT2D eigenvalue weighted by Crippen LogP contribution is 2.21. The molecule has 1 aromatic heterocycles. The minimum atomic E-state index is -0.453. The minimum Gasteiger partial charge on any atom is -0.484 e. The Balaban J connectivity index is 1.28. The lowest BCUT2D eigenvalue weighted by Gasteiger charge is -2.32. The first kappa shape index (κ1) is 24.9. The van der Waals surface area contributed by atoms with Gasteiger partial charge in [0, 0.05) is 22.5 Å². The second kappa shape index (κ2) is 12.0. The molecule has 35 heavy (non-hydrogen) atoms. The molecule has 0 radical (unpaired) electrons. The molecule has 2 N–H and O–H groups in total. The van der Waals surface area contributed by atoms with Crippen LogP contribution in [0.2, 0.25) is 5.02 Å². The molecule has 1 heterocycles. The van der Waals surface area contributed by atoms with Crippen LogP contribution in [0.1, 0.15) is 41.2 Å². The van der Waals surface area contributed by atoms with E-state index in [0.717, 1.165) is 25.7 Å². The third kappa shape index (κ3) is 7.16. The van der Waals surface area contributed by atoms with Crippen molar-refractivity contribution in [1.29, 1.82) is 0 Å². The van der Waals surface area contributed by atoms with Crippen LogP contribution < -0.4 is 20.1 Å². The Labute approximate surface area is 211 Å². The predicted octanol–water partition coefficient (Wildman–Crippen LogP) is 4.75. The van der Waals surface area contributed by atoms with Crippen LogP contribution in [-0.2, 0) is 11.4 Å². The van der Waals surface area contributed by atoms with Gasteiger partial charge < -0.3 is 20.1 Å². The first-order chi connectivity index (χ1) is 17.0. The number of nitrogens with zero attached hydrogens (tertiary/aromatic N) is 1. The lowest BCUT2D eigenvalue weighted by molar-refractivity contribution is -0.124. The van der Waals surface area contributed by atoms with Crippen molar-refractivity contribution in [3.63, 3.8) is 0 Å². The fraction of sp³-hybridized carbons (Fsp3) is 0.320. The van der Waals surface area contributed by atoms with E-state index in [-0.39, 0.29) is 48.6 Å². The number of carbonyl (C=O) groups is 2. The maximum atomic E-state index is 13.7. The van der Waals surface area contributed by atoms with Gasteiger partial charge in [-0.1, -0.05) is 36.6 Å². The number of aromatic nitrogens is 1. The molecule has 1 fully saturated rings. The van der Waals surface area contributed by atoms with Crippen LogP contribution in [0.5, 0.6) is 11.5 Å². The van der Waals surface area contributed by atoms with Crippen LogP contribution >= 0.6 is 22.9 Å². The standard InChI is InChI=1S/C25H25ClFN3O4S/c26-16-9-11-17(12-10-16)33-13-23(31)28-19-6-2-3-7-20(19)30-25(32)21-15-35-24(29-21)14-34-22-8-4-1-5-18(22)27/h1,4-5,8-12,15,19-20H,2-3,6-7,13-14H2,(H,28,31)(H,30,32)/t19-,20-/m0/s1. The van der Waals surface area contributed by atoms with Crippen molar-refractivity contribution in [2.24, 2.45) is 0 Å². The Hall–Kier alpha value is -3.17. The highest BCUT2D eigenvalue weighted by molar-refractivity contribution is 7.09. The molecule has 2 aromatic carbocycles. The van der Waals surface area contributed by atoms with Crippen LogP contribution in [0.15, 0.2) is 53.9 Å². The summed E-state index contributed by atoms with van der Waals surface area (Å²) >= 11 is 7.13. The number of halogens is 2. The normalized spacial score (nSPS) is 17.4. The molecule has 0 bridgehead atoms. The summed E-state index contributed by atoms with van der Waals surface area (Å²) in [5.74, 6) is -0.342. The average molecular weight is 518 g/mol. The summed E-state index contributed by atoms with van der Waals surface area (Å²) in [5.41, 5.74) is 0.267. The molecule has 0 saturated heterocycles. The quantitative estimate of drug-likeness (QED) is 0.427. The number of thiazole rings is 1. The van der Waals surface area contributed by atoms with E-state index in [1.54, 1.807) is 41.8 Å². The van der Waals surface area contributed by atoms with Crippen LogP contribution in [0.3, 0.4) is 0 Å². The maximum Gasteiger partial charge on any atom is 0.271 e. The first-order valence-corrected chi connectivity index (χ1v) is 12.5. The van der Waals surface area contributed by atoms with Gasteiger partial charge in [0.05, 0.1) is 0 Å². The largest absolute Gasteiger partial charge is 0.484 e. The molecule has 7 nitrogen and oxygen atoms in total. The monoisotopic (exact) mass is 517 g/mol. The molecule has 2 atom stereocenters. The first-order valence-electron chi connectivity index (χ1n) is 11.3. The van der Waals surface area contributed by atoms with E-state index in [1.807, 2.05) is 0 Å². The third-order valence-electron chi connectivity index (χ3n) is 5.58. The fourth-order valence-electron chi connectivity index (χ4n) is 3.83. The van der Waals surface area contributed by atoms with Crippen molar-refractivity contribution in [1.82, 2.24) is 15.6 Å². The molecule has 184 valence electrons. The Morgan fingerprint density at radius 2 is 1.74 bits per heavy atom. The SMILES string of the molecule is O=C(COc1ccc(Cl)cc1)N[C@H]1CCCC[C@@H]1NC(=O)c1csc(COc2ccccc2F)n1. The van der Waals surface area contributed by atoms with Crippen LogP contribution in [0.4, 0.5) is 4.39 Å². The summed E-state index contributed by atoms with van der Waals surface area (Å²) in [7, 11) is 0. The summed E-state index contributed by atoms with van der Waals surface area (Å²) in [6.07, 6.45) is 3.43. The Kier molecular flexibility index (Phi) is 8.54. The van der Waals surface area contributed by atoms with Gasteiger partial charge in [-0.2, -0.15) is 0 Å². The third-order valence-corrected chi connectivity index (χ3v) is 6.66. The lowest BCUT2D eigenvalue weighted by Crippen LogP contribution is -2.54. The summed E-state index contributed by atoms with van der Waals surface area (Å²) in [5, 5.41) is 8.78. The van der Waals surface area contributed by atoms with Gasteiger partial charge >= 0.3 is 0 Å². The molecule has 4 rings (SSSR count). The molecule has 1 aliphatic rings. The zero-order chi connectivity index (χ0) is 24.6. The Morgan fingerprint density at radius 1 is 1.03 bits per heavy atom. The molecule has 2 amide bonds. The van der Waals surface area contributed by atoms with Gasteiger partial charge in [-0.25, -0.2) is 9.37 Å². The van der Waals surface area contributed by atoms with Gasteiger partial charge in [0.1, 0.15) is 23.1 Å². The number of benzene rings is 2. The van der Waals surface area contributed by atoms with Crippen molar-refractivity contribution in [3.05, 3.63) is 75.5 Å². The summed E-state index contributed by atoms with van der Waals surface area (Å²) < 4.78 is 24.7. The Morgan fingerprint density at radius 3 is 2.49 bits per heavy atom. The molecule has 0 aliphatic heterocycles. The molecule has 1 saturated carbocycles. The molecule has 1 aliphatic carbocycles. The molecular weight excluding hydrogens is 493 g/mol. The highest BCUT2D eigenvalue weighted by Gasteiger charge is 2.28. The van der Waals surface area contributed by atoms with Crippen LogP contribution in [0, 0.1) is 5.82 Å². The molecule has 10 heteroatoms. The van der Waals surface area contributed by atoms with E-state index < -0.39 is 5.82 Å². The summed E-state index contributed by atoms with van der Waals surface area (Å²) in [6, 6.07) is 12.5. The van der Waals surface area contributed by atoms with Crippen molar-refractivity contribution in [3.8, 4) is 11.5 Å². The van der Waals surface area contributed by atoms with E-state index in [0.29, 0.717) is 15.8 Å². The molecule has 0 spiro atoms. The van der Waals surface area contributed by atoms with E-state index in [4.69, 9.17) is 21.1 Å². The van der Waals surface area contributed by atoms with Gasteiger partial charge in [0.25, 0.3) is 11.8 Å². The number of amides is 2. The second-order valence-electron chi connectivity index (χ2n) is 8.13. The zero-order valence-corrected chi connectivity index (χ0v) is 20.4. The highest BCUT2D eigenvalue weighted by atomic mass is 35.5. The van der Waals surface area contributed by atoms with Crippen LogP contribution in [0.25, 0.3) is 0 Å². The van der Waals surface area contributed by atoms with Crippen molar-refractivity contribution < 1.29 is 23.5 Å². The van der Waals surface area contributed by atoms with E-state index in [1.165, 1.54) is 23.5 Å². The van der Waals surface area contributed by atoms with E-state index in [9.17, 15) is 14.0 Å². The van der Waals surface area contributed by atoms with Gasteiger partial charge in [-0.15, -0.1) is 11.3 Å². The summed E-state index contributed by atoms with van der Waals surface area (Å²) in [4.78, 5) is 29.6. The number of rotatable bonds is 9. The smallest absolute Gasteiger partial charge is 0.271 e. The zero-order valence-electron chi connectivity index (χ0n) is 18.8. The van der Waals surface area contributed by atoms with Crippen molar-refractivity contribution >= 4 is 34.8 Å². The summed E-state index contributed by atoms with van der Waals surface area (Å²) in [6.45, 7) is -0.0646. The van der Waals surface area contributed by atoms with Gasteiger partial charge in [0.2, 0.25) is 0 Å². The van der Waals surface area contributed by atoms with Crippen molar-refractivity contribution in [2.75, 3.05) is 6.61 Å². The topological polar surface area (TPSA) is 89.6 Å². The molecule has 0 unspecified atom stereocenters. The number of nitrogens with one attached hydrogen (secondary N) is 2. The maximum absolute atomic E-state index is 13.7. The second-order valence-corrected chi connectivity index (χ2v) is 9.51.